The second-order valence-corrected chi connectivity index (χ2v) is 8.71. The molecular weight excluding hydrogens is 422 g/mol. The van der Waals surface area contributed by atoms with E-state index in [0.29, 0.717) is 12.0 Å². The van der Waals surface area contributed by atoms with Gasteiger partial charge in [0.05, 0.1) is 6.04 Å². The van der Waals surface area contributed by atoms with Crippen LogP contribution in [0.1, 0.15) is 63.9 Å². The Balaban J connectivity index is 0.00000261. The predicted molar refractivity (Wildman–Crippen MR) is 122 cm³/mol. The smallest absolute Gasteiger partial charge is 0.215 e. The summed E-state index contributed by atoms with van der Waals surface area (Å²) in [4.78, 5) is 20.9. The van der Waals surface area contributed by atoms with Gasteiger partial charge in [-0.25, -0.2) is 0 Å². The number of anilines is 1. The van der Waals surface area contributed by atoms with Gasteiger partial charge in [-0.05, 0) is 36.5 Å². The SMILES string of the molecule is Br.CC(C)c1ccc(N(C=O)C2CSC(=NC3CCCCCC3)N2C)cc1. The van der Waals surface area contributed by atoms with Gasteiger partial charge in [0, 0.05) is 18.5 Å². The van der Waals surface area contributed by atoms with Crippen LogP contribution in [0.25, 0.3) is 0 Å². The Morgan fingerprint density at radius 2 is 1.78 bits per heavy atom. The third-order valence-electron chi connectivity index (χ3n) is 5.52. The molecule has 0 spiro atoms. The lowest BCUT2D eigenvalue weighted by Gasteiger charge is -2.30. The Hall–Kier alpha value is -1.01. The molecule has 2 aliphatic rings. The first kappa shape index (κ1) is 22.3. The Morgan fingerprint density at radius 3 is 2.33 bits per heavy atom. The molecule has 0 bridgehead atoms. The Kier molecular flexibility index (Phi) is 8.67. The molecule has 150 valence electrons. The van der Waals surface area contributed by atoms with Crippen molar-refractivity contribution in [1.29, 1.82) is 0 Å². The van der Waals surface area contributed by atoms with Gasteiger partial charge >= 0.3 is 0 Å². The van der Waals surface area contributed by atoms with Crippen LogP contribution in [0.4, 0.5) is 5.69 Å². The fourth-order valence-corrected chi connectivity index (χ4v) is 4.99. The molecule has 1 saturated heterocycles. The number of carbonyl (C=O) groups is 1. The summed E-state index contributed by atoms with van der Waals surface area (Å²) in [7, 11) is 2.07. The lowest BCUT2D eigenvalue weighted by atomic mass is 10.0. The van der Waals surface area contributed by atoms with E-state index in [2.05, 4.69) is 50.1 Å². The van der Waals surface area contributed by atoms with Crippen molar-refractivity contribution in [2.24, 2.45) is 4.99 Å². The number of rotatable bonds is 5. The molecule has 1 aliphatic heterocycles. The van der Waals surface area contributed by atoms with Crippen molar-refractivity contribution in [2.75, 3.05) is 17.7 Å². The van der Waals surface area contributed by atoms with Crippen LogP contribution in [0, 0.1) is 0 Å². The number of amidine groups is 1. The quantitative estimate of drug-likeness (QED) is 0.440. The Bertz CT molecular complexity index is 627. The molecule has 1 aromatic rings. The normalized spacial score (nSPS) is 22.6. The first-order valence-corrected chi connectivity index (χ1v) is 10.9. The van der Waals surface area contributed by atoms with Crippen LogP contribution in [-0.2, 0) is 4.79 Å². The number of thioether (sulfide) groups is 1. The van der Waals surface area contributed by atoms with Gasteiger partial charge in [-0.2, -0.15) is 0 Å². The van der Waals surface area contributed by atoms with E-state index in [-0.39, 0.29) is 23.1 Å². The van der Waals surface area contributed by atoms with Crippen molar-refractivity contribution in [3.05, 3.63) is 29.8 Å². The number of carbonyl (C=O) groups excluding carboxylic acids is 1. The summed E-state index contributed by atoms with van der Waals surface area (Å²) < 4.78 is 0. The molecule has 1 amide bonds. The van der Waals surface area contributed by atoms with Crippen molar-refractivity contribution in [1.82, 2.24) is 4.90 Å². The van der Waals surface area contributed by atoms with Crippen LogP contribution in [0.3, 0.4) is 0 Å². The van der Waals surface area contributed by atoms with Crippen LogP contribution in [0.5, 0.6) is 0 Å². The molecule has 1 aromatic carbocycles. The van der Waals surface area contributed by atoms with E-state index in [9.17, 15) is 4.79 Å². The van der Waals surface area contributed by atoms with Crippen molar-refractivity contribution >= 4 is 46.0 Å². The second-order valence-electron chi connectivity index (χ2n) is 7.72. The number of benzene rings is 1. The van der Waals surface area contributed by atoms with Gasteiger partial charge in [-0.3, -0.25) is 14.7 Å². The fourth-order valence-electron chi connectivity index (χ4n) is 3.76. The highest BCUT2D eigenvalue weighted by atomic mass is 79.9. The van der Waals surface area contributed by atoms with E-state index in [1.54, 1.807) is 11.8 Å². The van der Waals surface area contributed by atoms with E-state index in [0.717, 1.165) is 23.0 Å². The maximum absolute atomic E-state index is 11.8. The van der Waals surface area contributed by atoms with Crippen LogP contribution >= 0.6 is 28.7 Å². The molecule has 27 heavy (non-hydrogen) atoms. The van der Waals surface area contributed by atoms with Gasteiger partial charge in [0.2, 0.25) is 6.41 Å². The summed E-state index contributed by atoms with van der Waals surface area (Å²) in [5, 5.41) is 1.09. The van der Waals surface area contributed by atoms with Crippen LogP contribution in [0.2, 0.25) is 0 Å². The highest BCUT2D eigenvalue weighted by Gasteiger charge is 2.33. The monoisotopic (exact) mass is 453 g/mol. The molecule has 1 aliphatic carbocycles. The summed E-state index contributed by atoms with van der Waals surface area (Å²) in [6.45, 7) is 4.37. The number of hydrogen-bond donors (Lipinski definition) is 0. The largest absolute Gasteiger partial charge is 0.333 e. The summed E-state index contributed by atoms with van der Waals surface area (Å²) in [6.07, 6.45) is 8.68. The maximum Gasteiger partial charge on any atom is 0.215 e. The molecule has 1 saturated carbocycles. The van der Waals surface area contributed by atoms with Gasteiger partial charge in [0.1, 0.15) is 6.17 Å². The van der Waals surface area contributed by atoms with Gasteiger partial charge in [0.15, 0.2) is 5.17 Å². The van der Waals surface area contributed by atoms with E-state index in [1.165, 1.54) is 44.1 Å². The summed E-state index contributed by atoms with van der Waals surface area (Å²) in [5.41, 5.74) is 2.25. The number of halogens is 1. The third-order valence-corrected chi connectivity index (χ3v) is 6.64. The minimum absolute atomic E-state index is 0. The van der Waals surface area contributed by atoms with Crippen molar-refractivity contribution in [3.8, 4) is 0 Å². The number of amides is 1. The Morgan fingerprint density at radius 1 is 1.15 bits per heavy atom. The zero-order chi connectivity index (χ0) is 18.5. The second kappa shape index (κ2) is 10.5. The van der Waals surface area contributed by atoms with Gasteiger partial charge in [-0.1, -0.05) is 63.4 Å². The summed E-state index contributed by atoms with van der Waals surface area (Å²) >= 11 is 1.78. The first-order chi connectivity index (χ1) is 12.6. The predicted octanol–water partition coefficient (Wildman–Crippen LogP) is 5.43. The maximum atomic E-state index is 11.8. The minimum atomic E-state index is 0. The molecule has 0 radical (unpaired) electrons. The lowest BCUT2D eigenvalue weighted by molar-refractivity contribution is -0.108. The molecule has 4 nitrogen and oxygen atoms in total. The molecular formula is C21H32BrN3OS. The molecule has 0 N–H and O–H groups in total. The number of nitrogens with zero attached hydrogens (tertiary/aromatic N) is 3. The van der Waals surface area contributed by atoms with E-state index < -0.39 is 0 Å². The third kappa shape index (κ3) is 5.50. The zero-order valence-corrected chi connectivity index (χ0v) is 19.2. The zero-order valence-electron chi connectivity index (χ0n) is 16.6. The van der Waals surface area contributed by atoms with Crippen molar-refractivity contribution < 1.29 is 4.79 Å². The molecule has 0 aromatic heterocycles. The fraction of sp³-hybridized carbons (Fsp3) is 0.619. The molecule has 1 atom stereocenters. The van der Waals surface area contributed by atoms with Gasteiger partial charge in [-0.15, -0.1) is 17.0 Å². The molecule has 1 unspecified atom stereocenters. The van der Waals surface area contributed by atoms with Crippen LogP contribution in [0.15, 0.2) is 29.3 Å². The highest BCUT2D eigenvalue weighted by molar-refractivity contribution is 8.93. The first-order valence-electron chi connectivity index (χ1n) is 9.87. The topological polar surface area (TPSA) is 35.9 Å². The number of hydrogen-bond acceptors (Lipinski definition) is 3. The van der Waals surface area contributed by atoms with Crippen LogP contribution in [-0.4, -0.2) is 41.5 Å². The molecule has 6 heteroatoms. The summed E-state index contributed by atoms with van der Waals surface area (Å²) in [5.74, 6) is 1.36. The van der Waals surface area contributed by atoms with Gasteiger partial charge in [0.25, 0.3) is 0 Å². The number of aliphatic imine (C=N–C) groups is 1. The van der Waals surface area contributed by atoms with Gasteiger partial charge < -0.3 is 4.90 Å². The lowest BCUT2D eigenvalue weighted by Crippen LogP contribution is -2.45. The highest BCUT2D eigenvalue weighted by Crippen LogP contribution is 2.30. The van der Waals surface area contributed by atoms with Crippen molar-refractivity contribution in [3.63, 3.8) is 0 Å². The minimum Gasteiger partial charge on any atom is -0.333 e. The van der Waals surface area contributed by atoms with Crippen molar-refractivity contribution in [2.45, 2.75) is 70.5 Å². The molecule has 3 rings (SSSR count). The van der Waals surface area contributed by atoms with E-state index >= 15 is 0 Å². The summed E-state index contributed by atoms with van der Waals surface area (Å²) in [6, 6.07) is 8.82. The molecule has 1 heterocycles. The average Bonchev–Trinajstić information content (AvgIpc) is 2.85. The van der Waals surface area contributed by atoms with Crippen LogP contribution < -0.4 is 4.90 Å². The van der Waals surface area contributed by atoms with E-state index in [1.807, 2.05) is 4.90 Å². The molecule has 2 fully saturated rings. The standard InChI is InChI=1S/C21H31N3OS.BrH/c1-16(2)17-10-12-19(13-11-17)24(15-25)20-14-26-21(23(20)3)22-18-8-6-4-5-7-9-18;/h10-13,15-16,18,20H,4-9,14H2,1-3H3;1H. The Labute approximate surface area is 178 Å². The van der Waals surface area contributed by atoms with E-state index in [4.69, 9.17) is 4.99 Å². The average molecular weight is 454 g/mol.